The normalized spacial score (nSPS) is 27.0. The van der Waals surface area contributed by atoms with E-state index < -0.39 is 11.6 Å². The van der Waals surface area contributed by atoms with Crippen LogP contribution in [-0.2, 0) is 0 Å². The van der Waals surface area contributed by atoms with E-state index in [9.17, 15) is 8.78 Å². The molecule has 0 radical (unpaired) electrons. The second-order valence-corrected chi connectivity index (χ2v) is 9.59. The molecule has 0 amide bonds. The highest BCUT2D eigenvalue weighted by molar-refractivity contribution is 5.33. The van der Waals surface area contributed by atoms with Crippen LogP contribution in [-0.4, -0.2) is 6.61 Å². The first-order chi connectivity index (χ1) is 14.6. The van der Waals surface area contributed by atoms with Gasteiger partial charge >= 0.3 is 0 Å². The molecule has 2 aliphatic carbocycles. The Labute approximate surface area is 182 Å². The molecule has 0 bridgehead atoms. The summed E-state index contributed by atoms with van der Waals surface area (Å²) in [4.78, 5) is 0. The quantitative estimate of drug-likeness (QED) is 0.273. The molecule has 0 N–H and O–H groups in total. The summed E-state index contributed by atoms with van der Waals surface area (Å²) in [7, 11) is 0. The number of rotatable bonds is 10. The van der Waals surface area contributed by atoms with Crippen LogP contribution < -0.4 is 4.74 Å². The van der Waals surface area contributed by atoms with Gasteiger partial charge in [-0.25, -0.2) is 4.39 Å². The fourth-order valence-corrected chi connectivity index (χ4v) is 5.76. The SMILES string of the molecule is C=CCCOc1ccc(C2CCC(C3CCC(CCCCC)CC3)CC2)c(F)c1F. The van der Waals surface area contributed by atoms with E-state index in [-0.39, 0.29) is 11.7 Å². The summed E-state index contributed by atoms with van der Waals surface area (Å²) in [5.41, 5.74) is 0.543. The Morgan fingerprint density at radius 2 is 1.60 bits per heavy atom. The highest BCUT2D eigenvalue weighted by Gasteiger charge is 2.32. The number of ether oxygens (including phenoxy) is 1. The second kappa shape index (κ2) is 11.9. The fraction of sp³-hybridized carbons (Fsp3) is 0.704. The van der Waals surface area contributed by atoms with Crippen molar-refractivity contribution in [2.24, 2.45) is 17.8 Å². The summed E-state index contributed by atoms with van der Waals surface area (Å²) in [6.45, 7) is 6.22. The minimum Gasteiger partial charge on any atom is -0.490 e. The molecule has 1 aromatic rings. The van der Waals surface area contributed by atoms with Crippen LogP contribution in [0.15, 0.2) is 24.8 Å². The molecule has 0 heterocycles. The van der Waals surface area contributed by atoms with Gasteiger partial charge in [0.05, 0.1) is 6.61 Å². The lowest BCUT2D eigenvalue weighted by Gasteiger charge is -2.38. The van der Waals surface area contributed by atoms with Crippen molar-refractivity contribution >= 4 is 0 Å². The van der Waals surface area contributed by atoms with Gasteiger partial charge in [-0.2, -0.15) is 4.39 Å². The topological polar surface area (TPSA) is 9.23 Å². The molecule has 0 unspecified atom stereocenters. The minimum atomic E-state index is -0.833. The smallest absolute Gasteiger partial charge is 0.200 e. The van der Waals surface area contributed by atoms with Crippen LogP contribution in [0.2, 0.25) is 0 Å². The zero-order chi connectivity index (χ0) is 21.3. The van der Waals surface area contributed by atoms with Gasteiger partial charge in [-0.15, -0.1) is 6.58 Å². The third kappa shape index (κ3) is 6.08. The average Bonchev–Trinajstić information content (AvgIpc) is 2.78. The zero-order valence-corrected chi connectivity index (χ0v) is 18.8. The molecule has 0 saturated heterocycles. The highest BCUT2D eigenvalue weighted by Crippen LogP contribution is 2.45. The molecule has 1 nitrogen and oxygen atoms in total. The first-order valence-corrected chi connectivity index (χ1v) is 12.4. The van der Waals surface area contributed by atoms with E-state index in [2.05, 4.69) is 13.5 Å². The molecule has 2 aliphatic rings. The van der Waals surface area contributed by atoms with E-state index in [1.54, 1.807) is 18.2 Å². The van der Waals surface area contributed by atoms with E-state index in [4.69, 9.17) is 4.74 Å². The summed E-state index contributed by atoms with van der Waals surface area (Å²) in [6, 6.07) is 3.34. The monoisotopic (exact) mass is 418 g/mol. The lowest BCUT2D eigenvalue weighted by Crippen LogP contribution is -2.25. The Kier molecular flexibility index (Phi) is 9.21. The standard InChI is InChI=1S/C27H40F2O/c1-3-5-7-8-20-9-11-21(12-10-20)22-13-15-23(16-14-22)24-17-18-25(27(29)26(24)28)30-19-6-4-2/h4,17-18,20-23H,2-3,5-16,19H2,1H3. The van der Waals surface area contributed by atoms with Crippen molar-refractivity contribution in [3.63, 3.8) is 0 Å². The van der Waals surface area contributed by atoms with Gasteiger partial charge in [0.1, 0.15) is 0 Å². The van der Waals surface area contributed by atoms with E-state index >= 15 is 0 Å². The first kappa shape index (κ1) is 23.3. The summed E-state index contributed by atoms with van der Waals surface area (Å²) < 4.78 is 34.5. The maximum absolute atomic E-state index is 14.7. The lowest BCUT2D eigenvalue weighted by atomic mass is 9.68. The summed E-state index contributed by atoms with van der Waals surface area (Å²) in [5, 5.41) is 0. The van der Waals surface area contributed by atoms with Crippen molar-refractivity contribution in [3.8, 4) is 5.75 Å². The van der Waals surface area contributed by atoms with Gasteiger partial charge in [0.25, 0.3) is 0 Å². The zero-order valence-electron chi connectivity index (χ0n) is 18.8. The predicted molar refractivity (Wildman–Crippen MR) is 121 cm³/mol. The molecule has 3 rings (SSSR count). The highest BCUT2D eigenvalue weighted by atomic mass is 19.2. The van der Waals surface area contributed by atoms with Crippen LogP contribution in [0.3, 0.4) is 0 Å². The van der Waals surface area contributed by atoms with Gasteiger partial charge in [-0.05, 0) is 80.2 Å². The first-order valence-electron chi connectivity index (χ1n) is 12.4. The van der Waals surface area contributed by atoms with Crippen LogP contribution in [0.1, 0.15) is 102 Å². The molecular formula is C27H40F2O. The maximum Gasteiger partial charge on any atom is 0.200 e. The largest absolute Gasteiger partial charge is 0.490 e. The summed E-state index contributed by atoms with van der Waals surface area (Å²) in [6.07, 6.45) is 17.7. The number of benzene rings is 1. The van der Waals surface area contributed by atoms with Crippen LogP contribution in [0.5, 0.6) is 5.75 Å². The molecule has 0 aliphatic heterocycles. The molecule has 30 heavy (non-hydrogen) atoms. The third-order valence-electron chi connectivity index (χ3n) is 7.64. The minimum absolute atomic E-state index is 0.0162. The molecular weight excluding hydrogens is 378 g/mol. The lowest BCUT2D eigenvalue weighted by molar-refractivity contribution is 0.155. The Morgan fingerprint density at radius 3 is 2.23 bits per heavy atom. The Balaban J connectivity index is 1.47. The third-order valence-corrected chi connectivity index (χ3v) is 7.64. The van der Waals surface area contributed by atoms with E-state index in [0.717, 1.165) is 43.4 Å². The van der Waals surface area contributed by atoms with Crippen LogP contribution in [0.4, 0.5) is 8.78 Å². The summed E-state index contributed by atoms with van der Waals surface area (Å²) >= 11 is 0. The Morgan fingerprint density at radius 1 is 0.933 bits per heavy atom. The van der Waals surface area contributed by atoms with Gasteiger partial charge in [0, 0.05) is 0 Å². The molecule has 168 valence electrons. The van der Waals surface area contributed by atoms with Crippen molar-refractivity contribution < 1.29 is 13.5 Å². The van der Waals surface area contributed by atoms with Crippen LogP contribution >= 0.6 is 0 Å². The molecule has 2 saturated carbocycles. The Bertz CT molecular complexity index is 655. The van der Waals surface area contributed by atoms with Crippen molar-refractivity contribution in [1.29, 1.82) is 0 Å². The average molecular weight is 419 g/mol. The van der Waals surface area contributed by atoms with E-state index in [1.165, 1.54) is 51.4 Å². The number of halogens is 2. The molecule has 3 heteroatoms. The van der Waals surface area contributed by atoms with Crippen molar-refractivity contribution in [2.45, 2.75) is 96.3 Å². The second-order valence-electron chi connectivity index (χ2n) is 9.59. The summed E-state index contributed by atoms with van der Waals surface area (Å²) in [5.74, 6) is 1.21. The van der Waals surface area contributed by atoms with Crippen molar-refractivity contribution in [1.82, 2.24) is 0 Å². The molecule has 1 aromatic carbocycles. The van der Waals surface area contributed by atoms with Gasteiger partial charge in [-0.3, -0.25) is 0 Å². The number of hydrogen-bond acceptors (Lipinski definition) is 1. The van der Waals surface area contributed by atoms with E-state index in [0.29, 0.717) is 18.6 Å². The fourth-order valence-electron chi connectivity index (χ4n) is 5.76. The number of unbranched alkanes of at least 4 members (excludes halogenated alkanes) is 2. The van der Waals surface area contributed by atoms with Crippen molar-refractivity contribution in [3.05, 3.63) is 42.0 Å². The van der Waals surface area contributed by atoms with Crippen molar-refractivity contribution in [2.75, 3.05) is 6.61 Å². The van der Waals surface area contributed by atoms with Gasteiger partial charge in [0.2, 0.25) is 5.82 Å². The van der Waals surface area contributed by atoms with Crippen LogP contribution in [0.25, 0.3) is 0 Å². The molecule has 0 aromatic heterocycles. The van der Waals surface area contributed by atoms with Crippen LogP contribution in [0, 0.1) is 29.4 Å². The van der Waals surface area contributed by atoms with Gasteiger partial charge in [-0.1, -0.05) is 57.6 Å². The molecule has 2 fully saturated rings. The molecule has 0 atom stereocenters. The Hall–Kier alpha value is -1.38. The number of hydrogen-bond donors (Lipinski definition) is 0. The van der Waals surface area contributed by atoms with E-state index in [1.807, 2.05) is 0 Å². The van der Waals surface area contributed by atoms with Gasteiger partial charge in [0.15, 0.2) is 11.6 Å². The maximum atomic E-state index is 14.7. The van der Waals surface area contributed by atoms with Gasteiger partial charge < -0.3 is 4.74 Å². The molecule has 0 spiro atoms. The predicted octanol–water partition coefficient (Wildman–Crippen LogP) is 8.58.